The molecule has 0 amide bonds. The highest BCUT2D eigenvalue weighted by Gasteiger charge is 2.44. The van der Waals surface area contributed by atoms with Crippen LogP contribution in [0.2, 0.25) is 0 Å². The summed E-state index contributed by atoms with van der Waals surface area (Å²) in [5.41, 5.74) is 0. The van der Waals surface area contributed by atoms with Gasteiger partial charge in [0.2, 0.25) is 0 Å². The van der Waals surface area contributed by atoms with E-state index in [1.54, 1.807) is 0 Å². The van der Waals surface area contributed by atoms with Gasteiger partial charge in [-0.05, 0) is 6.08 Å². The summed E-state index contributed by atoms with van der Waals surface area (Å²) in [5.74, 6) is -8.09. The van der Waals surface area contributed by atoms with Crippen LogP contribution in [0.1, 0.15) is 6.42 Å². The van der Waals surface area contributed by atoms with E-state index in [1.807, 2.05) is 0 Å². The highest BCUT2D eigenvalue weighted by atomic mass is 19.3. The van der Waals surface area contributed by atoms with Crippen molar-refractivity contribution >= 4 is 0 Å². The summed E-state index contributed by atoms with van der Waals surface area (Å²) in [7, 11) is 0. The molecule has 6 heteroatoms. The molecule has 0 radical (unpaired) electrons. The summed E-state index contributed by atoms with van der Waals surface area (Å²) < 4.78 is 72.5. The fourth-order valence-corrected chi connectivity index (χ4v) is 0.581. The number of alkyl halides is 6. The Hall–Kier alpha value is -0.680. The summed E-state index contributed by atoms with van der Waals surface area (Å²) in [6.45, 7) is 0.428. The van der Waals surface area contributed by atoms with E-state index in [1.165, 1.54) is 0 Å². The van der Waals surface area contributed by atoms with Gasteiger partial charge in [0.15, 0.2) is 12.8 Å². The number of hydrogen-bond acceptors (Lipinski definition) is 0. The number of allylic oxidation sites excluding steroid dienone is 1. The van der Waals surface area contributed by atoms with Crippen LogP contribution >= 0.6 is 0 Å². The largest absolute Gasteiger partial charge is 0.296 e. The van der Waals surface area contributed by atoms with Crippen molar-refractivity contribution in [1.82, 2.24) is 0 Å². The Bertz CT molecular complexity index is 176. The van der Waals surface area contributed by atoms with Crippen LogP contribution in [0, 0.1) is 0 Å². The second-order valence-electron chi connectivity index (χ2n) is 2.54. The molecule has 78 valence electrons. The average molecular weight is 206 g/mol. The maximum Gasteiger partial charge on any atom is 0.296 e. The zero-order chi connectivity index (χ0) is 10.7. The molecule has 0 bridgehead atoms. The maximum atomic E-state index is 12.4. The number of hydrogen-bond donors (Lipinski definition) is 0. The summed E-state index contributed by atoms with van der Waals surface area (Å²) in [4.78, 5) is 0. The standard InChI is InChI=1S/C7H8F6/c1-2-7(12,13)5(9)3-6(10,11)4-8/h2,5H,1,3-4H2. The van der Waals surface area contributed by atoms with Crippen LogP contribution < -0.4 is 0 Å². The van der Waals surface area contributed by atoms with Crippen molar-refractivity contribution in [3.05, 3.63) is 12.7 Å². The van der Waals surface area contributed by atoms with Gasteiger partial charge in [0.05, 0.1) is 6.42 Å². The molecule has 0 aromatic carbocycles. The van der Waals surface area contributed by atoms with Crippen LogP contribution in [0.4, 0.5) is 26.3 Å². The van der Waals surface area contributed by atoms with Crippen molar-refractivity contribution in [3.63, 3.8) is 0 Å². The second kappa shape index (κ2) is 4.02. The highest BCUT2D eigenvalue weighted by Crippen LogP contribution is 2.31. The van der Waals surface area contributed by atoms with Gasteiger partial charge in [-0.15, -0.1) is 0 Å². The van der Waals surface area contributed by atoms with E-state index in [0.717, 1.165) is 0 Å². The first kappa shape index (κ1) is 12.3. The molecular weight excluding hydrogens is 198 g/mol. The topological polar surface area (TPSA) is 0 Å². The van der Waals surface area contributed by atoms with Crippen LogP contribution in [-0.4, -0.2) is 24.7 Å². The van der Waals surface area contributed by atoms with Gasteiger partial charge in [-0.25, -0.2) is 17.6 Å². The number of halogens is 6. The lowest BCUT2D eigenvalue weighted by Crippen LogP contribution is -2.34. The minimum atomic E-state index is -4.05. The van der Waals surface area contributed by atoms with Crippen molar-refractivity contribution in [1.29, 1.82) is 0 Å². The van der Waals surface area contributed by atoms with Gasteiger partial charge in [0, 0.05) is 0 Å². The predicted molar refractivity (Wildman–Crippen MR) is 35.6 cm³/mol. The molecule has 0 fully saturated rings. The van der Waals surface area contributed by atoms with Gasteiger partial charge in [-0.3, -0.25) is 0 Å². The fraction of sp³-hybridized carbons (Fsp3) is 0.714. The van der Waals surface area contributed by atoms with Crippen LogP contribution in [0.3, 0.4) is 0 Å². The predicted octanol–water partition coefficient (Wildman–Crippen LogP) is 3.14. The van der Waals surface area contributed by atoms with Crippen LogP contribution in [0.15, 0.2) is 12.7 Å². The lowest BCUT2D eigenvalue weighted by Gasteiger charge is -2.20. The molecule has 0 aromatic heterocycles. The van der Waals surface area contributed by atoms with Gasteiger partial charge >= 0.3 is 0 Å². The van der Waals surface area contributed by atoms with Crippen molar-refractivity contribution in [3.8, 4) is 0 Å². The Balaban J connectivity index is 4.30. The number of rotatable bonds is 5. The van der Waals surface area contributed by atoms with Crippen molar-refractivity contribution in [2.24, 2.45) is 0 Å². The third-order valence-electron chi connectivity index (χ3n) is 1.36. The molecule has 0 saturated carbocycles. The lowest BCUT2D eigenvalue weighted by molar-refractivity contribution is -0.0993. The lowest BCUT2D eigenvalue weighted by atomic mass is 10.1. The summed E-state index contributed by atoms with van der Waals surface area (Å²) >= 11 is 0. The third-order valence-corrected chi connectivity index (χ3v) is 1.36. The molecule has 1 unspecified atom stereocenters. The zero-order valence-electron chi connectivity index (χ0n) is 6.54. The van der Waals surface area contributed by atoms with Gasteiger partial charge in [0.1, 0.15) is 0 Å². The van der Waals surface area contributed by atoms with E-state index in [2.05, 4.69) is 6.58 Å². The molecule has 0 heterocycles. The molecule has 0 N–H and O–H groups in total. The Labute approximate surface area is 71.2 Å². The maximum absolute atomic E-state index is 12.4. The summed E-state index contributed by atoms with van der Waals surface area (Å²) in [6, 6.07) is 0. The SMILES string of the molecule is C=CC(F)(F)C(F)CC(F)(F)CF. The van der Waals surface area contributed by atoms with Gasteiger partial charge < -0.3 is 0 Å². The summed E-state index contributed by atoms with van der Waals surface area (Å²) in [6.07, 6.45) is -5.04. The fourth-order valence-electron chi connectivity index (χ4n) is 0.581. The molecule has 1 atom stereocenters. The van der Waals surface area contributed by atoms with Crippen molar-refractivity contribution < 1.29 is 26.3 Å². The van der Waals surface area contributed by atoms with Gasteiger partial charge in [0.25, 0.3) is 11.8 Å². The molecule has 0 aromatic rings. The first-order valence-corrected chi connectivity index (χ1v) is 3.34. The Morgan fingerprint density at radius 3 is 2.00 bits per heavy atom. The smallest absolute Gasteiger partial charge is 0.244 e. The zero-order valence-corrected chi connectivity index (χ0v) is 6.54. The normalized spacial score (nSPS) is 15.5. The van der Waals surface area contributed by atoms with Gasteiger partial charge in [-0.2, -0.15) is 8.78 Å². The molecule has 0 saturated heterocycles. The minimum absolute atomic E-state index is 0.0774. The van der Waals surface area contributed by atoms with E-state index >= 15 is 0 Å². The molecular formula is C7H8F6. The molecule has 0 aliphatic carbocycles. The van der Waals surface area contributed by atoms with E-state index in [-0.39, 0.29) is 6.08 Å². The van der Waals surface area contributed by atoms with Gasteiger partial charge in [-0.1, -0.05) is 6.58 Å². The molecule has 0 rings (SSSR count). The van der Waals surface area contributed by atoms with E-state index in [9.17, 15) is 26.3 Å². The van der Waals surface area contributed by atoms with Crippen molar-refractivity contribution in [2.75, 3.05) is 6.67 Å². The van der Waals surface area contributed by atoms with Crippen LogP contribution in [-0.2, 0) is 0 Å². The Morgan fingerprint density at radius 1 is 1.23 bits per heavy atom. The van der Waals surface area contributed by atoms with E-state index < -0.39 is 31.1 Å². The molecule has 0 spiro atoms. The minimum Gasteiger partial charge on any atom is -0.244 e. The van der Waals surface area contributed by atoms with Crippen LogP contribution in [0.5, 0.6) is 0 Å². The third kappa shape index (κ3) is 3.69. The highest BCUT2D eigenvalue weighted by molar-refractivity contribution is 4.95. The monoisotopic (exact) mass is 206 g/mol. The van der Waals surface area contributed by atoms with E-state index in [4.69, 9.17) is 0 Å². The first-order chi connectivity index (χ1) is 5.75. The molecule has 0 aliphatic rings. The van der Waals surface area contributed by atoms with Crippen LogP contribution in [0.25, 0.3) is 0 Å². The molecule has 0 nitrogen and oxygen atoms in total. The summed E-state index contributed by atoms with van der Waals surface area (Å²) in [5, 5.41) is 0. The first-order valence-electron chi connectivity index (χ1n) is 3.34. The van der Waals surface area contributed by atoms with E-state index in [0.29, 0.717) is 0 Å². The molecule has 13 heavy (non-hydrogen) atoms. The average Bonchev–Trinajstić information content (AvgIpc) is 2.04. The van der Waals surface area contributed by atoms with Crippen molar-refractivity contribution in [2.45, 2.75) is 24.4 Å². The molecule has 0 aliphatic heterocycles. The second-order valence-corrected chi connectivity index (χ2v) is 2.54. The Morgan fingerprint density at radius 2 is 1.69 bits per heavy atom. The quantitative estimate of drug-likeness (QED) is 0.478. The Kier molecular flexibility index (Phi) is 3.81.